The van der Waals surface area contributed by atoms with Crippen LogP contribution in [-0.2, 0) is 0 Å². The Kier molecular flexibility index (Phi) is 4.18. The zero-order valence-corrected chi connectivity index (χ0v) is 11.3. The van der Waals surface area contributed by atoms with Crippen LogP contribution in [0.3, 0.4) is 0 Å². The van der Waals surface area contributed by atoms with E-state index in [0.29, 0.717) is 10.6 Å². The van der Waals surface area contributed by atoms with Crippen LogP contribution < -0.4 is 4.74 Å². The number of nitro groups is 1. The number of halogens is 1. The summed E-state index contributed by atoms with van der Waals surface area (Å²) in [6.07, 6.45) is 1.09. The van der Waals surface area contributed by atoms with Crippen LogP contribution in [0.2, 0.25) is 5.28 Å². The SMILES string of the molecule is COc1ccccc1Sc1nc(Cl)ncc1[N+](=O)[O-]. The molecule has 0 saturated heterocycles. The first kappa shape index (κ1) is 13.6. The lowest BCUT2D eigenvalue weighted by Crippen LogP contribution is -1.96. The van der Waals surface area contributed by atoms with Gasteiger partial charge in [0.1, 0.15) is 11.9 Å². The van der Waals surface area contributed by atoms with E-state index in [9.17, 15) is 10.1 Å². The highest BCUT2D eigenvalue weighted by molar-refractivity contribution is 7.99. The van der Waals surface area contributed by atoms with Crippen LogP contribution in [0.25, 0.3) is 0 Å². The predicted octanol–water partition coefficient (Wildman–Crippen LogP) is 3.20. The van der Waals surface area contributed by atoms with Crippen molar-refractivity contribution in [3.05, 3.63) is 45.9 Å². The molecule has 0 aliphatic rings. The molecule has 2 rings (SSSR count). The number of hydrogen-bond donors (Lipinski definition) is 0. The van der Waals surface area contributed by atoms with Gasteiger partial charge in [-0.2, -0.15) is 0 Å². The van der Waals surface area contributed by atoms with Crippen molar-refractivity contribution in [2.75, 3.05) is 7.11 Å². The van der Waals surface area contributed by atoms with Crippen LogP contribution in [0, 0.1) is 10.1 Å². The molecule has 0 radical (unpaired) electrons. The molecule has 6 nitrogen and oxygen atoms in total. The van der Waals surface area contributed by atoms with E-state index in [0.717, 1.165) is 18.0 Å². The lowest BCUT2D eigenvalue weighted by Gasteiger charge is -2.07. The van der Waals surface area contributed by atoms with Crippen molar-refractivity contribution in [1.82, 2.24) is 9.97 Å². The first-order valence-corrected chi connectivity index (χ1v) is 6.29. The average molecular weight is 298 g/mol. The Balaban J connectivity index is 2.42. The fraction of sp³-hybridized carbons (Fsp3) is 0.0909. The smallest absolute Gasteiger partial charge is 0.319 e. The van der Waals surface area contributed by atoms with E-state index in [-0.39, 0.29) is 16.0 Å². The van der Waals surface area contributed by atoms with E-state index in [1.165, 1.54) is 7.11 Å². The third kappa shape index (κ3) is 3.12. The monoisotopic (exact) mass is 297 g/mol. The van der Waals surface area contributed by atoms with E-state index < -0.39 is 4.92 Å². The van der Waals surface area contributed by atoms with Gasteiger partial charge < -0.3 is 4.74 Å². The predicted molar refractivity (Wildman–Crippen MR) is 70.8 cm³/mol. The molecular formula is C11H8ClN3O3S. The van der Waals surface area contributed by atoms with Gasteiger partial charge in [0.05, 0.1) is 16.9 Å². The summed E-state index contributed by atoms with van der Waals surface area (Å²) in [7, 11) is 1.53. The van der Waals surface area contributed by atoms with Gasteiger partial charge in [0, 0.05) is 0 Å². The van der Waals surface area contributed by atoms with Crippen LogP contribution in [-0.4, -0.2) is 22.0 Å². The molecular weight excluding hydrogens is 290 g/mol. The molecule has 0 aliphatic carbocycles. The molecule has 19 heavy (non-hydrogen) atoms. The summed E-state index contributed by atoms with van der Waals surface area (Å²) in [4.78, 5) is 18.6. The summed E-state index contributed by atoms with van der Waals surface area (Å²) in [5.74, 6) is 0.608. The Morgan fingerprint density at radius 2 is 2.16 bits per heavy atom. The summed E-state index contributed by atoms with van der Waals surface area (Å²) in [6, 6.07) is 7.16. The molecule has 8 heteroatoms. The minimum Gasteiger partial charge on any atom is -0.496 e. The number of rotatable bonds is 4. The molecule has 0 N–H and O–H groups in total. The Hall–Kier alpha value is -1.86. The number of hydrogen-bond acceptors (Lipinski definition) is 6. The van der Waals surface area contributed by atoms with Crippen molar-refractivity contribution >= 4 is 29.1 Å². The van der Waals surface area contributed by atoms with Gasteiger partial charge in [-0.15, -0.1) is 0 Å². The van der Waals surface area contributed by atoms with Crippen LogP contribution in [0.5, 0.6) is 5.75 Å². The number of ether oxygens (including phenoxy) is 1. The summed E-state index contributed by atoms with van der Waals surface area (Å²) >= 11 is 6.78. The maximum Gasteiger partial charge on any atom is 0.319 e. The van der Waals surface area contributed by atoms with Gasteiger partial charge in [-0.1, -0.05) is 23.9 Å². The second-order valence-electron chi connectivity index (χ2n) is 3.34. The molecule has 2 aromatic rings. The highest BCUT2D eigenvalue weighted by Crippen LogP contribution is 2.37. The average Bonchev–Trinajstić information content (AvgIpc) is 2.39. The number of nitrogens with zero attached hydrogens (tertiary/aromatic N) is 3. The normalized spacial score (nSPS) is 10.2. The van der Waals surface area contributed by atoms with Crippen molar-refractivity contribution in [2.24, 2.45) is 0 Å². The van der Waals surface area contributed by atoms with E-state index in [1.807, 2.05) is 6.07 Å². The zero-order chi connectivity index (χ0) is 13.8. The topological polar surface area (TPSA) is 78.2 Å². The highest BCUT2D eigenvalue weighted by Gasteiger charge is 2.19. The largest absolute Gasteiger partial charge is 0.496 e. The lowest BCUT2D eigenvalue weighted by atomic mass is 10.3. The molecule has 0 aliphatic heterocycles. The quantitative estimate of drug-likeness (QED) is 0.373. The van der Waals surface area contributed by atoms with Crippen LogP contribution in [0.15, 0.2) is 40.4 Å². The Morgan fingerprint density at radius 1 is 1.42 bits per heavy atom. The van der Waals surface area contributed by atoms with Crippen molar-refractivity contribution < 1.29 is 9.66 Å². The van der Waals surface area contributed by atoms with Gasteiger partial charge >= 0.3 is 5.69 Å². The van der Waals surface area contributed by atoms with Crippen LogP contribution >= 0.6 is 23.4 Å². The summed E-state index contributed by atoms with van der Waals surface area (Å²) in [5.41, 5.74) is -0.194. The number of aromatic nitrogens is 2. The molecule has 0 unspecified atom stereocenters. The number of para-hydroxylation sites is 1. The fourth-order valence-corrected chi connectivity index (χ4v) is 2.50. The maximum atomic E-state index is 10.9. The molecule has 0 bridgehead atoms. The van der Waals surface area contributed by atoms with Gasteiger partial charge in [0.2, 0.25) is 5.28 Å². The maximum absolute atomic E-state index is 10.9. The first-order valence-electron chi connectivity index (χ1n) is 5.09. The van der Waals surface area contributed by atoms with Gasteiger partial charge in [-0.25, -0.2) is 9.97 Å². The Labute approximate surface area is 117 Å². The summed E-state index contributed by atoms with van der Waals surface area (Å²) in [5, 5.41) is 11.1. The second-order valence-corrected chi connectivity index (χ2v) is 4.71. The minimum atomic E-state index is -0.548. The van der Waals surface area contributed by atoms with Crippen molar-refractivity contribution in [2.45, 2.75) is 9.92 Å². The molecule has 0 fully saturated rings. The van der Waals surface area contributed by atoms with E-state index in [2.05, 4.69) is 9.97 Å². The van der Waals surface area contributed by atoms with Crippen LogP contribution in [0.4, 0.5) is 5.69 Å². The molecule has 0 atom stereocenters. The Morgan fingerprint density at radius 3 is 2.84 bits per heavy atom. The van der Waals surface area contributed by atoms with E-state index in [1.54, 1.807) is 18.2 Å². The van der Waals surface area contributed by atoms with Crippen molar-refractivity contribution in [1.29, 1.82) is 0 Å². The summed E-state index contributed by atoms with van der Waals surface area (Å²) < 4.78 is 5.18. The van der Waals surface area contributed by atoms with Gasteiger partial charge in [-0.3, -0.25) is 10.1 Å². The molecule has 0 spiro atoms. The third-order valence-electron chi connectivity index (χ3n) is 2.18. The molecule has 0 amide bonds. The molecule has 1 aromatic carbocycles. The third-order valence-corrected chi connectivity index (χ3v) is 3.41. The molecule has 1 aromatic heterocycles. The number of benzene rings is 1. The van der Waals surface area contributed by atoms with Gasteiger partial charge in [-0.05, 0) is 23.7 Å². The van der Waals surface area contributed by atoms with E-state index >= 15 is 0 Å². The molecule has 1 heterocycles. The molecule has 0 saturated carbocycles. The van der Waals surface area contributed by atoms with Crippen molar-refractivity contribution in [3.63, 3.8) is 0 Å². The zero-order valence-electron chi connectivity index (χ0n) is 9.74. The lowest BCUT2D eigenvalue weighted by molar-refractivity contribution is -0.388. The standard InChI is InChI=1S/C11H8ClN3O3S/c1-18-8-4-2-3-5-9(8)19-10-7(15(16)17)6-13-11(12)14-10/h2-6H,1H3. The van der Waals surface area contributed by atoms with Gasteiger partial charge in [0.15, 0.2) is 5.03 Å². The Bertz CT molecular complexity index is 624. The second kappa shape index (κ2) is 5.85. The molecule has 98 valence electrons. The number of methoxy groups -OCH3 is 1. The minimum absolute atomic E-state index is 0.0389. The van der Waals surface area contributed by atoms with E-state index in [4.69, 9.17) is 16.3 Å². The summed E-state index contributed by atoms with van der Waals surface area (Å²) in [6.45, 7) is 0. The van der Waals surface area contributed by atoms with Crippen molar-refractivity contribution in [3.8, 4) is 5.75 Å². The first-order chi connectivity index (χ1) is 9.11. The van der Waals surface area contributed by atoms with Crippen LogP contribution in [0.1, 0.15) is 0 Å². The fourth-order valence-electron chi connectivity index (χ4n) is 1.35. The van der Waals surface area contributed by atoms with Gasteiger partial charge in [0.25, 0.3) is 0 Å². The highest BCUT2D eigenvalue weighted by atomic mass is 35.5.